The third-order valence-corrected chi connectivity index (χ3v) is 8.26. The van der Waals surface area contributed by atoms with Crippen LogP contribution in [0.25, 0.3) is 22.0 Å². The van der Waals surface area contributed by atoms with Crippen molar-refractivity contribution in [2.24, 2.45) is 0 Å². The van der Waals surface area contributed by atoms with Gasteiger partial charge in [0.15, 0.2) is 0 Å². The van der Waals surface area contributed by atoms with Crippen LogP contribution in [0.1, 0.15) is 55.4 Å². The van der Waals surface area contributed by atoms with Crippen LogP contribution >= 0.6 is 11.6 Å². The zero-order chi connectivity index (χ0) is 33.8. The summed E-state index contributed by atoms with van der Waals surface area (Å²) in [5.74, 6) is 1.76. The van der Waals surface area contributed by atoms with Gasteiger partial charge < -0.3 is 24.7 Å². The van der Waals surface area contributed by atoms with Crippen molar-refractivity contribution in [3.63, 3.8) is 0 Å². The van der Waals surface area contributed by atoms with Gasteiger partial charge >= 0.3 is 0 Å². The summed E-state index contributed by atoms with van der Waals surface area (Å²) < 4.78 is 11.1. The standard InChI is InChI=1S/C26H29NO.C14H17ClN2O2/c1-4-25(21-11-7-5-8-12-21)26(22-13-9-6-10-14-22)23-15-17-24(18-16-23)28-20-19-27(2)3;1-8(6-16-9(2)18)11-7-17-13-5-12(15)14(19-3)4-10(11)13/h5-18H,4,19-20H2,1-3H3;4-5,7-8,17H,6H2,1-3H3,(H,16,18)/b26-25+;. The van der Waals surface area contributed by atoms with Crippen LogP contribution in [-0.4, -0.2) is 56.7 Å². The Balaban J connectivity index is 0.000000229. The summed E-state index contributed by atoms with van der Waals surface area (Å²) in [6, 6.07) is 33.6. The highest BCUT2D eigenvalue weighted by molar-refractivity contribution is 6.32. The largest absolute Gasteiger partial charge is 0.495 e. The molecule has 0 bridgehead atoms. The molecule has 0 aliphatic rings. The molecular formula is C40H46ClN3O3. The van der Waals surface area contributed by atoms with E-state index in [1.165, 1.54) is 34.8 Å². The van der Waals surface area contributed by atoms with Crippen LogP contribution in [0, 0.1) is 0 Å². The molecule has 4 aromatic carbocycles. The van der Waals surface area contributed by atoms with E-state index in [4.69, 9.17) is 21.1 Å². The first-order valence-electron chi connectivity index (χ1n) is 16.0. The molecule has 6 nitrogen and oxygen atoms in total. The highest BCUT2D eigenvalue weighted by atomic mass is 35.5. The van der Waals surface area contributed by atoms with Crippen LogP contribution < -0.4 is 14.8 Å². The number of amides is 1. The number of H-pyrrole nitrogens is 1. The maximum Gasteiger partial charge on any atom is 0.216 e. The second-order valence-electron chi connectivity index (χ2n) is 11.7. The number of likely N-dealkylation sites (N-methyl/N-ethyl adjacent to an activating group) is 1. The highest BCUT2D eigenvalue weighted by Crippen LogP contribution is 2.35. The number of allylic oxidation sites excluding steroid dienone is 1. The van der Waals surface area contributed by atoms with Crippen molar-refractivity contribution in [2.75, 3.05) is 40.9 Å². The van der Waals surface area contributed by atoms with Crippen LogP contribution in [0.2, 0.25) is 5.02 Å². The smallest absolute Gasteiger partial charge is 0.216 e. The fourth-order valence-electron chi connectivity index (χ4n) is 5.46. The number of aromatic amines is 1. The minimum atomic E-state index is -0.0210. The van der Waals surface area contributed by atoms with Crippen LogP contribution in [0.4, 0.5) is 0 Å². The number of halogens is 1. The van der Waals surface area contributed by atoms with Gasteiger partial charge in [0.1, 0.15) is 18.1 Å². The lowest BCUT2D eigenvalue weighted by Gasteiger charge is -2.17. The van der Waals surface area contributed by atoms with Crippen LogP contribution in [0.5, 0.6) is 11.5 Å². The highest BCUT2D eigenvalue weighted by Gasteiger charge is 2.15. The zero-order valence-corrected chi connectivity index (χ0v) is 29.0. The molecule has 47 heavy (non-hydrogen) atoms. The van der Waals surface area contributed by atoms with Crippen molar-refractivity contribution in [1.82, 2.24) is 15.2 Å². The first-order valence-corrected chi connectivity index (χ1v) is 16.4. The number of ether oxygens (including phenoxy) is 2. The lowest BCUT2D eigenvalue weighted by molar-refractivity contribution is -0.119. The predicted molar refractivity (Wildman–Crippen MR) is 197 cm³/mol. The van der Waals surface area contributed by atoms with Gasteiger partial charge in [0, 0.05) is 43.0 Å². The Hall–Kier alpha value is -4.52. The first-order chi connectivity index (χ1) is 22.7. The maximum absolute atomic E-state index is 11.0. The lowest BCUT2D eigenvalue weighted by atomic mass is 9.88. The van der Waals surface area contributed by atoms with E-state index in [2.05, 4.69) is 128 Å². The van der Waals surface area contributed by atoms with E-state index >= 15 is 0 Å². The number of carbonyl (C=O) groups is 1. The number of fused-ring (bicyclic) bond motifs is 1. The predicted octanol–water partition coefficient (Wildman–Crippen LogP) is 9.07. The number of carbonyl (C=O) groups excluding carboxylic acids is 1. The van der Waals surface area contributed by atoms with Crippen LogP contribution in [0.15, 0.2) is 103 Å². The number of hydrogen-bond donors (Lipinski definition) is 2. The summed E-state index contributed by atoms with van der Waals surface area (Å²) in [7, 11) is 5.71. The number of rotatable bonds is 12. The van der Waals surface area contributed by atoms with Gasteiger partial charge in [-0.2, -0.15) is 0 Å². The summed E-state index contributed by atoms with van der Waals surface area (Å²) in [6.45, 7) is 8.02. The number of nitrogens with zero attached hydrogens (tertiary/aromatic N) is 1. The number of aromatic nitrogens is 1. The van der Waals surface area contributed by atoms with Gasteiger partial charge in [-0.15, -0.1) is 0 Å². The molecule has 2 N–H and O–H groups in total. The third-order valence-electron chi connectivity index (χ3n) is 7.96. The molecule has 0 fully saturated rings. The molecule has 0 saturated heterocycles. The summed E-state index contributed by atoms with van der Waals surface area (Å²) in [4.78, 5) is 16.3. The van der Waals surface area contributed by atoms with E-state index in [1.807, 2.05) is 18.3 Å². The summed E-state index contributed by atoms with van der Waals surface area (Å²) in [5.41, 5.74) is 8.47. The van der Waals surface area contributed by atoms with Gasteiger partial charge in [-0.3, -0.25) is 4.79 Å². The Morgan fingerprint density at radius 3 is 2.11 bits per heavy atom. The molecule has 7 heteroatoms. The molecular weight excluding hydrogens is 606 g/mol. The SMILES string of the molecule is CC/C(=C(/c1ccccc1)c1ccc(OCCN(C)C)cc1)c1ccccc1.COc1cc2c(C(C)CNC(C)=O)c[nH]c2cc1Cl. The summed E-state index contributed by atoms with van der Waals surface area (Å²) >= 11 is 6.09. The van der Waals surface area contributed by atoms with E-state index in [0.29, 0.717) is 23.9 Å². The molecule has 1 heterocycles. The molecule has 0 aliphatic carbocycles. The normalized spacial score (nSPS) is 12.2. The van der Waals surface area contributed by atoms with Gasteiger partial charge in [0.2, 0.25) is 5.91 Å². The fourth-order valence-corrected chi connectivity index (χ4v) is 5.71. The molecule has 0 saturated carbocycles. The van der Waals surface area contributed by atoms with Crippen molar-refractivity contribution < 1.29 is 14.3 Å². The number of nitrogens with one attached hydrogen (secondary N) is 2. The van der Waals surface area contributed by atoms with Crippen molar-refractivity contribution in [2.45, 2.75) is 33.1 Å². The molecule has 5 rings (SSSR count). The minimum absolute atomic E-state index is 0.0210. The molecule has 5 aromatic rings. The number of benzene rings is 4. The molecule has 0 spiro atoms. The monoisotopic (exact) mass is 651 g/mol. The Labute approximate surface area is 284 Å². The topological polar surface area (TPSA) is 66.6 Å². The Morgan fingerprint density at radius 2 is 1.53 bits per heavy atom. The van der Waals surface area contributed by atoms with Crippen molar-refractivity contribution in [3.05, 3.63) is 131 Å². The molecule has 0 radical (unpaired) electrons. The first kappa shape index (κ1) is 35.3. The van der Waals surface area contributed by atoms with E-state index in [1.54, 1.807) is 7.11 Å². The van der Waals surface area contributed by atoms with E-state index < -0.39 is 0 Å². The van der Waals surface area contributed by atoms with Gasteiger partial charge in [-0.05, 0) is 78.2 Å². The summed E-state index contributed by atoms with van der Waals surface area (Å²) in [5, 5.41) is 4.48. The second kappa shape index (κ2) is 17.4. The van der Waals surface area contributed by atoms with E-state index in [0.717, 1.165) is 35.2 Å². The third kappa shape index (κ3) is 9.74. The molecule has 1 aromatic heterocycles. The van der Waals surface area contributed by atoms with E-state index in [-0.39, 0.29) is 11.8 Å². The van der Waals surface area contributed by atoms with Crippen molar-refractivity contribution in [1.29, 1.82) is 0 Å². The van der Waals surface area contributed by atoms with Gasteiger partial charge in [0.05, 0.1) is 12.1 Å². The van der Waals surface area contributed by atoms with Crippen LogP contribution in [0.3, 0.4) is 0 Å². The molecule has 1 unspecified atom stereocenters. The Kier molecular flexibility index (Phi) is 13.1. The lowest BCUT2D eigenvalue weighted by Crippen LogP contribution is -2.24. The fraction of sp³-hybridized carbons (Fsp3) is 0.275. The zero-order valence-electron chi connectivity index (χ0n) is 28.3. The quantitative estimate of drug-likeness (QED) is 0.132. The minimum Gasteiger partial charge on any atom is -0.495 e. The van der Waals surface area contributed by atoms with Crippen molar-refractivity contribution in [3.8, 4) is 11.5 Å². The molecule has 1 amide bonds. The Morgan fingerprint density at radius 1 is 0.915 bits per heavy atom. The van der Waals surface area contributed by atoms with Crippen LogP contribution in [-0.2, 0) is 4.79 Å². The average Bonchev–Trinajstić information content (AvgIpc) is 3.49. The summed E-state index contributed by atoms with van der Waals surface area (Å²) in [6.07, 6.45) is 2.92. The number of methoxy groups -OCH3 is 1. The molecule has 0 aliphatic heterocycles. The maximum atomic E-state index is 11.0. The second-order valence-corrected chi connectivity index (χ2v) is 12.1. The Bertz CT molecular complexity index is 1750. The van der Waals surface area contributed by atoms with Gasteiger partial charge in [-0.25, -0.2) is 0 Å². The molecule has 246 valence electrons. The van der Waals surface area contributed by atoms with Crippen molar-refractivity contribution >= 4 is 39.6 Å². The van der Waals surface area contributed by atoms with Gasteiger partial charge in [0.25, 0.3) is 0 Å². The van der Waals surface area contributed by atoms with E-state index in [9.17, 15) is 4.79 Å². The number of hydrogen-bond acceptors (Lipinski definition) is 4. The average molecular weight is 652 g/mol. The van der Waals surface area contributed by atoms with Gasteiger partial charge in [-0.1, -0.05) is 98.2 Å². The molecule has 1 atom stereocenters.